The average Bonchev–Trinajstić information content (AvgIpc) is 2.68. The van der Waals surface area contributed by atoms with Crippen molar-refractivity contribution in [3.05, 3.63) is 35.9 Å². The molecule has 1 aromatic carbocycles. The Morgan fingerprint density at radius 2 is 2.00 bits per heavy atom. The van der Waals surface area contributed by atoms with Gasteiger partial charge in [-0.05, 0) is 12.0 Å². The zero-order valence-corrected chi connectivity index (χ0v) is 13.0. The maximum Gasteiger partial charge on any atom is 0.240 e. The van der Waals surface area contributed by atoms with Gasteiger partial charge < -0.3 is 10.5 Å². The van der Waals surface area contributed by atoms with Crippen LogP contribution in [0, 0.1) is 0 Å². The Morgan fingerprint density at radius 1 is 1.38 bits per heavy atom. The van der Waals surface area contributed by atoms with Crippen molar-refractivity contribution in [3.8, 4) is 0 Å². The molecule has 0 saturated carbocycles. The lowest BCUT2D eigenvalue weighted by molar-refractivity contribution is -0.147. The van der Waals surface area contributed by atoms with Crippen LogP contribution in [0.4, 0.5) is 0 Å². The number of rotatable bonds is 5. The molecule has 0 spiro atoms. The number of sulfonamides is 1. The molecule has 0 radical (unpaired) electrons. The molecule has 2 N–H and O–H groups in total. The van der Waals surface area contributed by atoms with Crippen LogP contribution in [0.25, 0.3) is 0 Å². The predicted octanol–water partition coefficient (Wildman–Crippen LogP) is 0.829. The van der Waals surface area contributed by atoms with E-state index in [4.69, 9.17) is 10.5 Å². The number of ether oxygens (including phenoxy) is 1. The molecular weight excluding hydrogens is 292 g/mol. The van der Waals surface area contributed by atoms with Gasteiger partial charge in [0.05, 0.1) is 18.9 Å². The number of amides is 1. The molecule has 21 heavy (non-hydrogen) atoms. The Morgan fingerprint density at radius 3 is 2.52 bits per heavy atom. The van der Waals surface area contributed by atoms with Gasteiger partial charge in [0, 0.05) is 6.42 Å². The van der Waals surface area contributed by atoms with E-state index in [0.29, 0.717) is 6.42 Å². The first kappa shape index (κ1) is 15.9. The maximum atomic E-state index is 12.0. The highest BCUT2D eigenvalue weighted by Crippen LogP contribution is 2.36. The molecule has 116 valence electrons. The van der Waals surface area contributed by atoms with E-state index in [1.54, 1.807) is 6.92 Å². The Labute approximate surface area is 124 Å². The summed E-state index contributed by atoms with van der Waals surface area (Å²) in [6.45, 7) is 1.96. The predicted molar refractivity (Wildman–Crippen MR) is 78.5 cm³/mol. The fourth-order valence-corrected chi connectivity index (χ4v) is 4.04. The maximum absolute atomic E-state index is 12.0. The molecule has 0 aromatic heterocycles. The van der Waals surface area contributed by atoms with Crippen LogP contribution in [-0.2, 0) is 26.2 Å². The van der Waals surface area contributed by atoms with Crippen molar-refractivity contribution >= 4 is 15.9 Å². The van der Waals surface area contributed by atoms with Crippen molar-refractivity contribution < 1.29 is 17.9 Å². The molecule has 1 unspecified atom stereocenters. The molecule has 1 saturated heterocycles. The first-order valence-electron chi connectivity index (χ1n) is 6.78. The monoisotopic (exact) mass is 312 g/mol. The molecular formula is C14H20N2O4S. The molecule has 7 heteroatoms. The molecule has 1 amide bonds. The SMILES string of the molecule is CCC1(OCc2ccccc2)[C@@H](N)CC(=O)N1S(C)(=O)=O. The van der Waals surface area contributed by atoms with Crippen molar-refractivity contribution in [3.63, 3.8) is 0 Å². The summed E-state index contributed by atoms with van der Waals surface area (Å²) in [5.41, 5.74) is 5.60. The minimum absolute atomic E-state index is 0.0320. The minimum atomic E-state index is -3.73. The first-order chi connectivity index (χ1) is 9.81. The third-order valence-electron chi connectivity index (χ3n) is 3.71. The van der Waals surface area contributed by atoms with Gasteiger partial charge in [-0.2, -0.15) is 0 Å². The van der Waals surface area contributed by atoms with Gasteiger partial charge in [-0.15, -0.1) is 0 Å². The van der Waals surface area contributed by atoms with E-state index >= 15 is 0 Å². The van der Waals surface area contributed by atoms with Gasteiger partial charge in [-0.1, -0.05) is 37.3 Å². The summed E-state index contributed by atoms with van der Waals surface area (Å²) in [5, 5.41) is 0. The number of hydrogen-bond donors (Lipinski definition) is 1. The number of carbonyl (C=O) groups excluding carboxylic acids is 1. The molecule has 2 rings (SSSR count). The van der Waals surface area contributed by atoms with Gasteiger partial charge in [-0.3, -0.25) is 4.79 Å². The van der Waals surface area contributed by atoms with Gasteiger partial charge >= 0.3 is 0 Å². The van der Waals surface area contributed by atoms with Gasteiger partial charge in [-0.25, -0.2) is 12.7 Å². The van der Waals surface area contributed by atoms with Crippen molar-refractivity contribution in [2.24, 2.45) is 5.73 Å². The Hall–Kier alpha value is -1.44. The minimum Gasteiger partial charge on any atom is -0.348 e. The van der Waals surface area contributed by atoms with Crippen LogP contribution in [0.3, 0.4) is 0 Å². The molecule has 0 bridgehead atoms. The largest absolute Gasteiger partial charge is 0.348 e. The normalized spacial score (nSPS) is 26.3. The summed E-state index contributed by atoms with van der Waals surface area (Å²) in [7, 11) is -3.73. The average molecular weight is 312 g/mol. The Balaban J connectivity index is 2.31. The fourth-order valence-electron chi connectivity index (χ4n) is 2.71. The van der Waals surface area contributed by atoms with Crippen LogP contribution < -0.4 is 5.73 Å². The van der Waals surface area contributed by atoms with Gasteiger partial charge in [0.2, 0.25) is 15.9 Å². The van der Waals surface area contributed by atoms with E-state index in [2.05, 4.69) is 0 Å². The lowest BCUT2D eigenvalue weighted by Crippen LogP contribution is -2.57. The van der Waals surface area contributed by atoms with Crippen LogP contribution >= 0.6 is 0 Å². The molecule has 1 heterocycles. The van der Waals surface area contributed by atoms with Crippen molar-refractivity contribution in [2.45, 2.75) is 38.1 Å². The van der Waals surface area contributed by atoms with E-state index < -0.39 is 27.7 Å². The molecule has 2 atom stereocenters. The molecule has 1 aliphatic heterocycles. The van der Waals surface area contributed by atoms with Crippen LogP contribution in [0.1, 0.15) is 25.3 Å². The van der Waals surface area contributed by atoms with E-state index in [9.17, 15) is 13.2 Å². The molecule has 0 aliphatic carbocycles. The number of benzene rings is 1. The van der Waals surface area contributed by atoms with Crippen LogP contribution in [0.2, 0.25) is 0 Å². The van der Waals surface area contributed by atoms with E-state index in [1.165, 1.54) is 0 Å². The molecule has 1 aliphatic rings. The topological polar surface area (TPSA) is 89.7 Å². The lowest BCUT2D eigenvalue weighted by atomic mass is 10.0. The second-order valence-corrected chi connectivity index (χ2v) is 7.04. The van der Waals surface area contributed by atoms with Crippen molar-refractivity contribution in [1.82, 2.24) is 4.31 Å². The van der Waals surface area contributed by atoms with Gasteiger partial charge in [0.15, 0.2) is 5.72 Å². The second kappa shape index (κ2) is 5.75. The Bertz CT molecular complexity index is 617. The van der Waals surface area contributed by atoms with Gasteiger partial charge in [0.25, 0.3) is 0 Å². The molecule has 6 nitrogen and oxygen atoms in total. The summed E-state index contributed by atoms with van der Waals surface area (Å²) in [4.78, 5) is 12.0. The fraction of sp³-hybridized carbons (Fsp3) is 0.500. The number of carbonyl (C=O) groups is 1. The molecule has 1 fully saturated rings. The summed E-state index contributed by atoms with van der Waals surface area (Å²) in [6.07, 6.45) is 1.27. The lowest BCUT2D eigenvalue weighted by Gasteiger charge is -2.38. The highest BCUT2D eigenvalue weighted by atomic mass is 32.2. The summed E-state index contributed by atoms with van der Waals surface area (Å²) in [5.74, 6) is -0.514. The van der Waals surface area contributed by atoms with E-state index in [0.717, 1.165) is 16.1 Å². The smallest absolute Gasteiger partial charge is 0.240 e. The number of nitrogens with zero attached hydrogens (tertiary/aromatic N) is 1. The Kier molecular flexibility index (Phi) is 4.36. The first-order valence-corrected chi connectivity index (χ1v) is 8.63. The van der Waals surface area contributed by atoms with E-state index in [1.807, 2.05) is 30.3 Å². The van der Waals surface area contributed by atoms with Crippen LogP contribution in [0.15, 0.2) is 30.3 Å². The zero-order chi connectivity index (χ0) is 15.7. The summed E-state index contributed by atoms with van der Waals surface area (Å²) < 4.78 is 30.6. The van der Waals surface area contributed by atoms with Crippen LogP contribution in [0.5, 0.6) is 0 Å². The number of nitrogens with two attached hydrogens (primary N) is 1. The van der Waals surface area contributed by atoms with Crippen molar-refractivity contribution in [1.29, 1.82) is 0 Å². The number of hydrogen-bond acceptors (Lipinski definition) is 5. The standard InChI is InChI=1S/C14H20N2O4S/c1-3-14(20-10-11-7-5-4-6-8-11)12(15)9-13(17)16(14)21(2,18)19/h4-8,12H,3,9-10,15H2,1-2H3/t12-,14?/m0/s1. The second-order valence-electron chi connectivity index (χ2n) is 5.20. The highest BCUT2D eigenvalue weighted by molar-refractivity contribution is 7.89. The van der Waals surface area contributed by atoms with Gasteiger partial charge in [0.1, 0.15) is 0 Å². The van der Waals surface area contributed by atoms with Crippen LogP contribution in [-0.4, -0.2) is 36.7 Å². The van der Waals surface area contributed by atoms with Crippen molar-refractivity contribution in [2.75, 3.05) is 6.26 Å². The summed E-state index contributed by atoms with van der Waals surface area (Å²) in [6, 6.07) is 8.68. The highest BCUT2D eigenvalue weighted by Gasteiger charge is 2.55. The van der Waals surface area contributed by atoms with E-state index in [-0.39, 0.29) is 13.0 Å². The quantitative estimate of drug-likeness (QED) is 0.869. The summed E-state index contributed by atoms with van der Waals surface area (Å²) >= 11 is 0. The molecule has 1 aromatic rings. The third kappa shape index (κ3) is 2.95. The zero-order valence-electron chi connectivity index (χ0n) is 12.2. The third-order valence-corrected chi connectivity index (χ3v) is 4.89.